The molecule has 14 heavy (non-hydrogen) atoms. The number of epoxide rings is 1. The molecule has 0 spiro atoms. The van der Waals surface area contributed by atoms with Crippen molar-refractivity contribution in [3.05, 3.63) is 22.3 Å². The van der Waals surface area contributed by atoms with Crippen LogP contribution in [0.15, 0.2) is 22.3 Å². The Hall–Kier alpha value is -0.560. The first-order valence-electron chi connectivity index (χ1n) is 5.58. The fourth-order valence-corrected chi connectivity index (χ4v) is 2.46. The average molecular weight is 192 g/mol. The third-order valence-corrected chi connectivity index (χ3v) is 3.97. The molecule has 1 saturated heterocycles. The van der Waals surface area contributed by atoms with E-state index in [-0.39, 0.29) is 0 Å². The van der Waals surface area contributed by atoms with Crippen LogP contribution in [0.5, 0.6) is 0 Å². The summed E-state index contributed by atoms with van der Waals surface area (Å²) in [5.41, 5.74) is 6.20. The Morgan fingerprint density at radius 3 is 1.93 bits per heavy atom. The van der Waals surface area contributed by atoms with Crippen LogP contribution in [0.2, 0.25) is 0 Å². The first-order valence-corrected chi connectivity index (χ1v) is 5.58. The minimum absolute atomic E-state index is 0.580. The Labute approximate surface area is 86.8 Å². The number of ether oxygens (including phenoxy) is 1. The van der Waals surface area contributed by atoms with Crippen molar-refractivity contribution in [3.8, 4) is 0 Å². The molecule has 0 aromatic heterocycles. The van der Waals surface area contributed by atoms with Crippen LogP contribution in [0.1, 0.15) is 40.5 Å². The molecule has 1 aliphatic heterocycles. The molecule has 0 saturated carbocycles. The Morgan fingerprint density at radius 2 is 1.50 bits per heavy atom. The number of hydrogen-bond donors (Lipinski definition) is 0. The highest BCUT2D eigenvalue weighted by molar-refractivity contribution is 5.46. The van der Waals surface area contributed by atoms with Gasteiger partial charge >= 0.3 is 0 Å². The summed E-state index contributed by atoms with van der Waals surface area (Å²) in [5.74, 6) is 0.708. The standard InChI is InChI=1S/C13H20O/c1-8-9(2)11(4)13(10(8)3)6-5-12-7-14-12/h12-13H,5-7H2,1-4H3. The van der Waals surface area contributed by atoms with E-state index in [1.165, 1.54) is 24.0 Å². The van der Waals surface area contributed by atoms with Crippen molar-refractivity contribution in [3.63, 3.8) is 0 Å². The summed E-state index contributed by atoms with van der Waals surface area (Å²) in [6, 6.07) is 0. The monoisotopic (exact) mass is 192 g/mol. The van der Waals surface area contributed by atoms with Crippen molar-refractivity contribution in [2.45, 2.75) is 46.6 Å². The van der Waals surface area contributed by atoms with Crippen molar-refractivity contribution in [2.24, 2.45) is 5.92 Å². The second-order valence-electron chi connectivity index (χ2n) is 4.70. The van der Waals surface area contributed by atoms with Crippen molar-refractivity contribution < 1.29 is 4.74 Å². The highest BCUT2D eigenvalue weighted by Crippen LogP contribution is 2.39. The van der Waals surface area contributed by atoms with Gasteiger partial charge in [-0.05, 0) is 51.7 Å². The molecule has 1 atom stereocenters. The SMILES string of the molecule is CC1=C(C)C(CCC2CO2)C(C)=C1C. The van der Waals surface area contributed by atoms with Crippen molar-refractivity contribution in [1.29, 1.82) is 0 Å². The van der Waals surface area contributed by atoms with Gasteiger partial charge in [0.1, 0.15) is 0 Å². The Kier molecular flexibility index (Phi) is 2.52. The van der Waals surface area contributed by atoms with Gasteiger partial charge in [0.05, 0.1) is 12.7 Å². The highest BCUT2D eigenvalue weighted by Gasteiger charge is 2.28. The maximum Gasteiger partial charge on any atom is 0.0810 e. The molecule has 0 aromatic rings. The van der Waals surface area contributed by atoms with Crippen molar-refractivity contribution in [1.82, 2.24) is 0 Å². The molecule has 0 aromatic carbocycles. The summed E-state index contributed by atoms with van der Waals surface area (Å²) in [6.45, 7) is 10.1. The Morgan fingerprint density at radius 1 is 1.00 bits per heavy atom. The summed E-state index contributed by atoms with van der Waals surface area (Å²) in [5, 5.41) is 0. The van der Waals surface area contributed by atoms with Crippen LogP contribution in [0.4, 0.5) is 0 Å². The van der Waals surface area contributed by atoms with Crippen molar-refractivity contribution >= 4 is 0 Å². The van der Waals surface area contributed by atoms with Crippen LogP contribution in [0, 0.1) is 5.92 Å². The van der Waals surface area contributed by atoms with E-state index in [1.54, 1.807) is 11.1 Å². The van der Waals surface area contributed by atoms with Gasteiger partial charge in [0.15, 0.2) is 0 Å². The minimum atomic E-state index is 0.580. The molecule has 78 valence electrons. The number of rotatable bonds is 3. The van der Waals surface area contributed by atoms with E-state index in [0.717, 1.165) is 6.61 Å². The predicted molar refractivity (Wildman–Crippen MR) is 59.2 cm³/mol. The van der Waals surface area contributed by atoms with E-state index in [9.17, 15) is 0 Å². The average Bonchev–Trinajstić information content (AvgIpc) is 2.95. The van der Waals surface area contributed by atoms with Crippen LogP contribution >= 0.6 is 0 Å². The maximum atomic E-state index is 5.26. The third kappa shape index (κ3) is 1.66. The van der Waals surface area contributed by atoms with Gasteiger partial charge in [-0.15, -0.1) is 0 Å². The van der Waals surface area contributed by atoms with Gasteiger partial charge in [0, 0.05) is 5.92 Å². The fraction of sp³-hybridized carbons (Fsp3) is 0.692. The molecule has 1 unspecified atom stereocenters. The summed E-state index contributed by atoms with van der Waals surface area (Å²) in [4.78, 5) is 0. The molecule has 1 heteroatoms. The quantitative estimate of drug-likeness (QED) is 0.624. The summed E-state index contributed by atoms with van der Waals surface area (Å²) < 4.78 is 5.26. The molecular weight excluding hydrogens is 172 g/mol. The second kappa shape index (κ2) is 3.54. The summed E-state index contributed by atoms with van der Waals surface area (Å²) in [7, 11) is 0. The predicted octanol–water partition coefficient (Wildman–Crippen LogP) is 3.47. The van der Waals surface area contributed by atoms with E-state index in [0.29, 0.717) is 12.0 Å². The van der Waals surface area contributed by atoms with Crippen LogP contribution < -0.4 is 0 Å². The topological polar surface area (TPSA) is 12.5 Å². The van der Waals surface area contributed by atoms with Gasteiger partial charge in [-0.1, -0.05) is 11.1 Å². The van der Waals surface area contributed by atoms with Crippen LogP contribution in [-0.2, 0) is 4.74 Å². The Balaban J connectivity index is 2.03. The largest absolute Gasteiger partial charge is 0.373 e. The smallest absolute Gasteiger partial charge is 0.0810 e. The maximum absolute atomic E-state index is 5.26. The molecule has 1 nitrogen and oxygen atoms in total. The third-order valence-electron chi connectivity index (χ3n) is 3.97. The molecule has 0 radical (unpaired) electrons. The zero-order valence-corrected chi connectivity index (χ0v) is 9.68. The molecule has 0 bridgehead atoms. The summed E-state index contributed by atoms with van der Waals surface area (Å²) in [6.07, 6.45) is 3.09. The lowest BCUT2D eigenvalue weighted by molar-refractivity contribution is 0.383. The lowest BCUT2D eigenvalue weighted by atomic mass is 9.91. The van der Waals surface area contributed by atoms with Gasteiger partial charge in [-0.2, -0.15) is 0 Å². The molecule has 2 aliphatic rings. The van der Waals surface area contributed by atoms with Crippen LogP contribution in [-0.4, -0.2) is 12.7 Å². The normalized spacial score (nSPS) is 27.9. The fourth-order valence-electron chi connectivity index (χ4n) is 2.46. The van der Waals surface area contributed by atoms with Gasteiger partial charge in [0.25, 0.3) is 0 Å². The highest BCUT2D eigenvalue weighted by atomic mass is 16.6. The van der Waals surface area contributed by atoms with E-state index in [2.05, 4.69) is 27.7 Å². The van der Waals surface area contributed by atoms with E-state index in [1.807, 2.05) is 0 Å². The number of allylic oxidation sites excluding steroid dienone is 4. The van der Waals surface area contributed by atoms with Crippen LogP contribution in [0.3, 0.4) is 0 Å². The molecule has 1 fully saturated rings. The van der Waals surface area contributed by atoms with Crippen LogP contribution in [0.25, 0.3) is 0 Å². The minimum Gasteiger partial charge on any atom is -0.373 e. The van der Waals surface area contributed by atoms with Gasteiger partial charge in [0.2, 0.25) is 0 Å². The van der Waals surface area contributed by atoms with E-state index >= 15 is 0 Å². The molecule has 0 amide bonds. The zero-order valence-electron chi connectivity index (χ0n) is 9.68. The molecule has 2 rings (SSSR count). The molecule has 0 N–H and O–H groups in total. The Bertz CT molecular complexity index is 281. The van der Waals surface area contributed by atoms with Gasteiger partial charge < -0.3 is 4.74 Å². The van der Waals surface area contributed by atoms with Gasteiger partial charge in [-0.25, -0.2) is 0 Å². The first-order chi connectivity index (χ1) is 6.61. The first kappa shape index (κ1) is 9.97. The summed E-state index contributed by atoms with van der Waals surface area (Å²) >= 11 is 0. The van der Waals surface area contributed by atoms with Gasteiger partial charge in [-0.3, -0.25) is 0 Å². The molecular formula is C13H20O. The lowest BCUT2D eigenvalue weighted by Gasteiger charge is -2.13. The molecule has 1 heterocycles. The molecule has 1 aliphatic carbocycles. The van der Waals surface area contributed by atoms with Crippen molar-refractivity contribution in [2.75, 3.05) is 6.61 Å². The zero-order chi connectivity index (χ0) is 10.3. The number of hydrogen-bond acceptors (Lipinski definition) is 1. The van der Waals surface area contributed by atoms with E-state index < -0.39 is 0 Å². The van der Waals surface area contributed by atoms with E-state index in [4.69, 9.17) is 4.74 Å². The second-order valence-corrected chi connectivity index (χ2v) is 4.70. The lowest BCUT2D eigenvalue weighted by Crippen LogP contribution is -2.02.